The van der Waals surface area contributed by atoms with Crippen LogP contribution in [0.3, 0.4) is 0 Å². The lowest BCUT2D eigenvalue weighted by atomic mass is 10.1. The maximum absolute atomic E-state index is 5.74. The van der Waals surface area contributed by atoms with Crippen LogP contribution in [-0.2, 0) is 0 Å². The number of hydrogen-bond acceptors (Lipinski definition) is 3. The summed E-state index contributed by atoms with van der Waals surface area (Å²) in [5.74, 6) is 1.93. The number of nitrogens with one attached hydrogen (secondary N) is 1. The van der Waals surface area contributed by atoms with Crippen molar-refractivity contribution in [2.24, 2.45) is 0 Å². The molecule has 0 spiro atoms. The molecule has 0 saturated carbocycles. The van der Waals surface area contributed by atoms with Crippen LogP contribution in [0.4, 0.5) is 0 Å². The minimum atomic E-state index is 0.143. The normalized spacial score (nSPS) is 12.9. The van der Waals surface area contributed by atoms with Gasteiger partial charge in [-0.05, 0) is 53.3 Å². The quantitative estimate of drug-likeness (QED) is 0.879. The Hall–Kier alpha value is -0.580. The largest absolute Gasteiger partial charge is 0.464 e. The average molecular weight is 314 g/mol. The average Bonchev–Trinajstić information content (AvgIpc) is 2.90. The van der Waals surface area contributed by atoms with Gasteiger partial charge in [-0.1, -0.05) is 6.92 Å². The maximum atomic E-state index is 5.74. The van der Waals surface area contributed by atoms with Crippen LogP contribution in [0.5, 0.6) is 0 Å². The zero-order valence-electron chi connectivity index (χ0n) is 10.00. The smallest absolute Gasteiger partial charge is 0.125 e. The van der Waals surface area contributed by atoms with Crippen molar-refractivity contribution in [3.05, 3.63) is 44.4 Å². The van der Waals surface area contributed by atoms with Crippen LogP contribution in [0, 0.1) is 6.92 Å². The molecule has 1 N–H and O–H groups in total. The number of halogens is 1. The Bertz CT molecular complexity index is 477. The van der Waals surface area contributed by atoms with Crippen LogP contribution in [0.2, 0.25) is 0 Å². The lowest BCUT2D eigenvalue weighted by molar-refractivity contribution is 0.430. The summed E-state index contributed by atoms with van der Waals surface area (Å²) in [5.41, 5.74) is 1.25. The van der Waals surface area contributed by atoms with Gasteiger partial charge in [0.1, 0.15) is 11.5 Å². The van der Waals surface area contributed by atoms with Gasteiger partial charge in [-0.3, -0.25) is 0 Å². The number of rotatable bonds is 5. The van der Waals surface area contributed by atoms with Gasteiger partial charge in [0.05, 0.1) is 6.04 Å². The third kappa shape index (κ3) is 3.00. The summed E-state index contributed by atoms with van der Waals surface area (Å²) in [6.07, 6.45) is 1.11. The van der Waals surface area contributed by atoms with Crippen LogP contribution in [0.25, 0.3) is 0 Å². The van der Waals surface area contributed by atoms with Gasteiger partial charge in [0, 0.05) is 15.4 Å². The molecule has 2 heterocycles. The van der Waals surface area contributed by atoms with Gasteiger partial charge < -0.3 is 9.73 Å². The van der Waals surface area contributed by atoms with Gasteiger partial charge in [-0.15, -0.1) is 0 Å². The topological polar surface area (TPSA) is 25.2 Å². The van der Waals surface area contributed by atoms with Crippen molar-refractivity contribution in [2.75, 3.05) is 6.54 Å². The molecule has 17 heavy (non-hydrogen) atoms. The Kier molecular flexibility index (Phi) is 4.42. The number of aryl methyl sites for hydroxylation is 1. The predicted molar refractivity (Wildman–Crippen MR) is 75.6 cm³/mol. The summed E-state index contributed by atoms with van der Waals surface area (Å²) < 4.78 is 6.89. The number of hydrogen-bond donors (Lipinski definition) is 1. The van der Waals surface area contributed by atoms with Gasteiger partial charge in [-0.2, -0.15) is 11.3 Å². The van der Waals surface area contributed by atoms with Crippen LogP contribution in [0.1, 0.15) is 36.5 Å². The van der Waals surface area contributed by atoms with E-state index in [9.17, 15) is 0 Å². The Labute approximate surface area is 114 Å². The van der Waals surface area contributed by atoms with Crippen molar-refractivity contribution < 1.29 is 4.42 Å². The zero-order valence-corrected chi connectivity index (χ0v) is 12.4. The fourth-order valence-corrected chi connectivity index (χ4v) is 3.31. The Morgan fingerprint density at radius 2 is 2.24 bits per heavy atom. The van der Waals surface area contributed by atoms with Gasteiger partial charge >= 0.3 is 0 Å². The predicted octanol–water partition coefficient (Wildman–Crippen LogP) is 4.50. The summed E-state index contributed by atoms with van der Waals surface area (Å²) in [7, 11) is 0. The molecule has 0 bridgehead atoms. The van der Waals surface area contributed by atoms with Gasteiger partial charge in [0.25, 0.3) is 0 Å². The molecule has 1 atom stereocenters. The standard InChI is InChI=1S/C13H16BrNOS/c1-3-6-15-13(10-7-17-8-11(10)14)12-5-4-9(2)16-12/h4-5,7-8,13,15H,3,6H2,1-2H3. The summed E-state index contributed by atoms with van der Waals surface area (Å²) in [6.45, 7) is 5.12. The van der Waals surface area contributed by atoms with E-state index in [4.69, 9.17) is 4.42 Å². The van der Waals surface area contributed by atoms with E-state index in [0.29, 0.717) is 0 Å². The second kappa shape index (κ2) is 5.85. The highest BCUT2D eigenvalue weighted by Gasteiger charge is 2.19. The number of thiophene rings is 1. The molecule has 92 valence electrons. The minimum Gasteiger partial charge on any atom is -0.464 e. The second-order valence-electron chi connectivity index (χ2n) is 4.01. The van der Waals surface area contributed by atoms with Crippen molar-refractivity contribution in [3.63, 3.8) is 0 Å². The molecule has 0 saturated heterocycles. The van der Waals surface area contributed by atoms with Gasteiger partial charge in [0.15, 0.2) is 0 Å². The minimum absolute atomic E-state index is 0.143. The molecule has 0 aromatic carbocycles. The highest BCUT2D eigenvalue weighted by Crippen LogP contribution is 2.32. The maximum Gasteiger partial charge on any atom is 0.125 e. The van der Waals surface area contributed by atoms with E-state index in [1.54, 1.807) is 11.3 Å². The fraction of sp³-hybridized carbons (Fsp3) is 0.385. The Morgan fingerprint density at radius 3 is 2.76 bits per heavy atom. The molecule has 2 aromatic heterocycles. The molecular weight excluding hydrogens is 298 g/mol. The molecule has 1 unspecified atom stereocenters. The monoisotopic (exact) mass is 313 g/mol. The highest BCUT2D eigenvalue weighted by molar-refractivity contribution is 9.10. The molecule has 4 heteroatoms. The van der Waals surface area contributed by atoms with Gasteiger partial charge in [0.2, 0.25) is 0 Å². The van der Waals surface area contributed by atoms with Crippen LogP contribution in [-0.4, -0.2) is 6.54 Å². The van der Waals surface area contributed by atoms with Crippen molar-refractivity contribution in [1.82, 2.24) is 5.32 Å². The van der Waals surface area contributed by atoms with Gasteiger partial charge in [-0.25, -0.2) is 0 Å². The zero-order chi connectivity index (χ0) is 12.3. The summed E-state index contributed by atoms with van der Waals surface area (Å²) in [6, 6.07) is 4.20. The van der Waals surface area contributed by atoms with E-state index in [2.05, 4.69) is 38.9 Å². The molecule has 0 radical (unpaired) electrons. The van der Waals surface area contributed by atoms with Crippen molar-refractivity contribution in [2.45, 2.75) is 26.3 Å². The van der Waals surface area contributed by atoms with Crippen molar-refractivity contribution in [1.29, 1.82) is 0 Å². The summed E-state index contributed by atoms with van der Waals surface area (Å²) >= 11 is 5.29. The molecule has 0 fully saturated rings. The second-order valence-corrected chi connectivity index (χ2v) is 5.61. The molecule has 2 aromatic rings. The molecule has 0 aliphatic carbocycles. The van der Waals surface area contributed by atoms with Crippen molar-refractivity contribution in [3.8, 4) is 0 Å². The van der Waals surface area contributed by atoms with Crippen LogP contribution >= 0.6 is 27.3 Å². The van der Waals surface area contributed by atoms with E-state index < -0.39 is 0 Å². The molecule has 2 nitrogen and oxygen atoms in total. The SMILES string of the molecule is CCCNC(c1ccc(C)o1)c1cscc1Br. The van der Waals surface area contributed by atoms with Crippen LogP contribution < -0.4 is 5.32 Å². The molecule has 0 amide bonds. The van der Waals surface area contributed by atoms with Crippen molar-refractivity contribution >= 4 is 27.3 Å². The van der Waals surface area contributed by atoms with E-state index in [1.165, 1.54) is 5.56 Å². The lowest BCUT2D eigenvalue weighted by Gasteiger charge is -2.16. The Morgan fingerprint density at radius 1 is 1.41 bits per heavy atom. The van der Waals surface area contributed by atoms with E-state index >= 15 is 0 Å². The third-order valence-corrected chi connectivity index (χ3v) is 4.35. The van der Waals surface area contributed by atoms with Crippen LogP contribution in [0.15, 0.2) is 31.8 Å². The molecule has 0 aliphatic rings. The van der Waals surface area contributed by atoms with E-state index in [1.807, 2.05) is 19.1 Å². The lowest BCUT2D eigenvalue weighted by Crippen LogP contribution is -2.22. The Balaban J connectivity index is 2.28. The van der Waals surface area contributed by atoms with E-state index in [0.717, 1.165) is 29.0 Å². The highest BCUT2D eigenvalue weighted by atomic mass is 79.9. The first-order valence-corrected chi connectivity index (χ1v) is 7.47. The first kappa shape index (κ1) is 12.9. The number of furan rings is 1. The summed E-state index contributed by atoms with van der Waals surface area (Å²) in [4.78, 5) is 0. The molecule has 2 rings (SSSR count). The first-order chi connectivity index (χ1) is 8.22. The fourth-order valence-electron chi connectivity index (χ4n) is 1.76. The molecule has 0 aliphatic heterocycles. The first-order valence-electron chi connectivity index (χ1n) is 5.73. The molecular formula is C13H16BrNOS. The summed E-state index contributed by atoms with van der Waals surface area (Å²) in [5, 5.41) is 7.79. The van der Waals surface area contributed by atoms with E-state index in [-0.39, 0.29) is 6.04 Å². The third-order valence-electron chi connectivity index (χ3n) is 2.60.